The van der Waals surface area contributed by atoms with Crippen molar-refractivity contribution < 1.29 is 0 Å². The van der Waals surface area contributed by atoms with Crippen LogP contribution in [-0.4, -0.2) is 19.5 Å². The Morgan fingerprint density at radius 1 is 1.36 bits per heavy atom. The van der Waals surface area contributed by atoms with Crippen molar-refractivity contribution in [2.45, 2.75) is 10.2 Å². The number of aromatic nitrogens is 4. The van der Waals surface area contributed by atoms with Crippen molar-refractivity contribution in [3.63, 3.8) is 0 Å². The monoisotopic (exact) mass is 270 g/mol. The molecule has 0 radical (unpaired) electrons. The summed E-state index contributed by atoms with van der Waals surface area (Å²) in [7, 11) is 1.95. The first kappa shape index (κ1) is 9.67. The van der Waals surface area contributed by atoms with Crippen molar-refractivity contribution in [2.24, 2.45) is 7.05 Å². The summed E-state index contributed by atoms with van der Waals surface area (Å²) in [5.74, 6) is 0. The summed E-state index contributed by atoms with van der Waals surface area (Å²) in [5, 5.41) is 1.79. The Morgan fingerprint density at radius 2 is 2.21 bits per heavy atom. The summed E-state index contributed by atoms with van der Waals surface area (Å²) in [6, 6.07) is 1.86. The van der Waals surface area contributed by atoms with Crippen LogP contribution in [0, 0.1) is 0 Å². The van der Waals surface area contributed by atoms with E-state index in [9.17, 15) is 0 Å². The van der Waals surface area contributed by atoms with Gasteiger partial charge in [0, 0.05) is 25.5 Å². The number of rotatable bonds is 2. The van der Waals surface area contributed by atoms with Crippen molar-refractivity contribution in [2.75, 3.05) is 0 Å². The highest BCUT2D eigenvalue weighted by Gasteiger charge is 2.03. The molecule has 0 unspecified atom stereocenters. The zero-order chi connectivity index (χ0) is 9.97. The first-order chi connectivity index (χ1) is 6.75. The number of hydrogen-bond acceptors (Lipinski definition) is 4. The van der Waals surface area contributed by atoms with E-state index in [4.69, 9.17) is 0 Å². The lowest BCUT2D eigenvalue weighted by Crippen LogP contribution is -1.90. The predicted molar refractivity (Wildman–Crippen MR) is 57.1 cm³/mol. The van der Waals surface area contributed by atoms with Gasteiger partial charge in [-0.15, -0.1) is 0 Å². The van der Waals surface area contributed by atoms with E-state index < -0.39 is 0 Å². The van der Waals surface area contributed by atoms with E-state index >= 15 is 0 Å². The number of aryl methyl sites for hydroxylation is 1. The van der Waals surface area contributed by atoms with Gasteiger partial charge in [0.2, 0.25) is 0 Å². The van der Waals surface area contributed by atoms with Gasteiger partial charge in [0.15, 0.2) is 5.16 Å². The molecule has 0 saturated carbocycles. The van der Waals surface area contributed by atoms with Gasteiger partial charge in [0.05, 0.1) is 0 Å². The number of halogens is 1. The third-order valence-electron chi connectivity index (χ3n) is 1.58. The molecular weight excluding hydrogens is 264 g/mol. The molecule has 0 fully saturated rings. The maximum Gasteiger partial charge on any atom is 0.174 e. The van der Waals surface area contributed by atoms with Crippen molar-refractivity contribution in [1.82, 2.24) is 19.5 Å². The number of nitrogens with zero attached hydrogens (tertiary/aromatic N) is 4. The molecule has 4 nitrogen and oxygen atoms in total. The minimum absolute atomic E-state index is 0.782. The van der Waals surface area contributed by atoms with Crippen LogP contribution in [0.15, 0.2) is 39.6 Å². The van der Waals surface area contributed by atoms with Gasteiger partial charge < -0.3 is 4.57 Å². The number of imidazole rings is 1. The maximum absolute atomic E-state index is 4.19. The molecule has 0 aliphatic carbocycles. The van der Waals surface area contributed by atoms with Crippen LogP contribution in [0.2, 0.25) is 0 Å². The van der Waals surface area contributed by atoms with Gasteiger partial charge in [-0.3, -0.25) is 0 Å². The van der Waals surface area contributed by atoms with E-state index in [0.717, 1.165) is 14.8 Å². The fourth-order valence-electron chi connectivity index (χ4n) is 0.917. The Morgan fingerprint density at radius 3 is 2.86 bits per heavy atom. The molecule has 0 saturated heterocycles. The van der Waals surface area contributed by atoms with E-state index in [0.29, 0.717) is 0 Å². The molecule has 0 amide bonds. The normalized spacial score (nSPS) is 10.4. The van der Waals surface area contributed by atoms with Crippen LogP contribution in [0.1, 0.15) is 0 Å². The Labute approximate surface area is 93.9 Å². The molecular formula is C8H7BrN4S. The van der Waals surface area contributed by atoms with Gasteiger partial charge in [-0.1, -0.05) is 0 Å². The van der Waals surface area contributed by atoms with Gasteiger partial charge in [-0.05, 0) is 27.7 Å². The van der Waals surface area contributed by atoms with Crippen LogP contribution < -0.4 is 0 Å². The fraction of sp³-hybridized carbons (Fsp3) is 0.125. The lowest BCUT2D eigenvalue weighted by molar-refractivity contribution is 0.788. The Balaban J connectivity index is 2.23. The van der Waals surface area contributed by atoms with E-state index in [-0.39, 0.29) is 0 Å². The fourth-order valence-corrected chi connectivity index (χ4v) is 2.15. The van der Waals surface area contributed by atoms with Gasteiger partial charge >= 0.3 is 0 Å². The SMILES string of the molecule is Cn1ccnc1Sc1cc(Br)ncn1. The highest BCUT2D eigenvalue weighted by atomic mass is 79.9. The molecule has 6 heteroatoms. The Bertz CT molecular complexity index is 442. The second-order valence-electron chi connectivity index (χ2n) is 2.60. The summed E-state index contributed by atoms with van der Waals surface area (Å²) in [6.07, 6.45) is 5.19. The Kier molecular flexibility index (Phi) is 2.83. The van der Waals surface area contributed by atoms with Crippen molar-refractivity contribution >= 4 is 27.7 Å². The first-order valence-corrected chi connectivity index (χ1v) is 5.49. The van der Waals surface area contributed by atoms with Gasteiger partial charge in [-0.25, -0.2) is 15.0 Å². The van der Waals surface area contributed by atoms with Crippen molar-refractivity contribution in [3.05, 3.63) is 29.4 Å². The van der Waals surface area contributed by atoms with Crippen LogP contribution in [0.25, 0.3) is 0 Å². The molecule has 0 N–H and O–H groups in total. The molecule has 14 heavy (non-hydrogen) atoms. The van der Waals surface area contributed by atoms with Crippen LogP contribution in [0.5, 0.6) is 0 Å². The lowest BCUT2D eigenvalue weighted by Gasteiger charge is -1.99. The van der Waals surface area contributed by atoms with Gasteiger partial charge in [-0.2, -0.15) is 0 Å². The average molecular weight is 271 g/mol. The molecule has 0 bridgehead atoms. The second-order valence-corrected chi connectivity index (χ2v) is 4.40. The predicted octanol–water partition coefficient (Wildman–Crippen LogP) is 2.12. The lowest BCUT2D eigenvalue weighted by atomic mass is 10.7. The topological polar surface area (TPSA) is 43.6 Å². The summed E-state index contributed by atoms with van der Waals surface area (Å²) in [4.78, 5) is 12.3. The highest BCUT2D eigenvalue weighted by molar-refractivity contribution is 9.10. The molecule has 0 aliphatic heterocycles. The third-order valence-corrected chi connectivity index (χ3v) is 3.02. The summed E-state index contributed by atoms with van der Waals surface area (Å²) in [5.41, 5.74) is 0. The minimum Gasteiger partial charge on any atom is -0.329 e. The van der Waals surface area contributed by atoms with E-state index in [2.05, 4.69) is 30.9 Å². The van der Waals surface area contributed by atoms with Crippen LogP contribution >= 0.6 is 27.7 Å². The zero-order valence-electron chi connectivity index (χ0n) is 7.38. The van der Waals surface area contributed by atoms with E-state index in [1.54, 1.807) is 6.20 Å². The molecule has 72 valence electrons. The van der Waals surface area contributed by atoms with Crippen LogP contribution in [0.4, 0.5) is 0 Å². The molecule has 0 aliphatic rings. The summed E-state index contributed by atoms with van der Waals surface area (Å²) < 4.78 is 2.73. The largest absolute Gasteiger partial charge is 0.329 e. The molecule has 0 atom stereocenters. The molecule has 2 aromatic rings. The quantitative estimate of drug-likeness (QED) is 0.785. The van der Waals surface area contributed by atoms with Gasteiger partial charge in [0.25, 0.3) is 0 Å². The standard InChI is InChI=1S/C8H7BrN4S/c1-13-3-2-10-8(13)14-7-4-6(9)11-5-12-7/h2-5H,1H3. The molecule has 0 spiro atoms. The average Bonchev–Trinajstić information content (AvgIpc) is 2.52. The molecule has 2 rings (SSSR count). The third kappa shape index (κ3) is 2.13. The number of hydrogen-bond donors (Lipinski definition) is 0. The summed E-state index contributed by atoms with van der Waals surface area (Å²) in [6.45, 7) is 0. The molecule has 2 aromatic heterocycles. The van der Waals surface area contributed by atoms with E-state index in [1.165, 1.54) is 18.1 Å². The van der Waals surface area contributed by atoms with Crippen LogP contribution in [-0.2, 0) is 7.05 Å². The maximum atomic E-state index is 4.19. The second kappa shape index (κ2) is 4.10. The van der Waals surface area contributed by atoms with Gasteiger partial charge in [0.1, 0.15) is 16.0 Å². The Hall–Kier alpha value is -0.880. The smallest absolute Gasteiger partial charge is 0.174 e. The highest BCUT2D eigenvalue weighted by Crippen LogP contribution is 2.24. The zero-order valence-corrected chi connectivity index (χ0v) is 9.79. The molecule has 0 aromatic carbocycles. The van der Waals surface area contributed by atoms with Crippen molar-refractivity contribution in [1.29, 1.82) is 0 Å². The molecule has 2 heterocycles. The first-order valence-electron chi connectivity index (χ1n) is 3.88. The summed E-state index contributed by atoms with van der Waals surface area (Å²) >= 11 is 4.80. The minimum atomic E-state index is 0.782. The van der Waals surface area contributed by atoms with E-state index in [1.807, 2.05) is 23.9 Å². The van der Waals surface area contributed by atoms with Crippen LogP contribution in [0.3, 0.4) is 0 Å². The van der Waals surface area contributed by atoms with Crippen molar-refractivity contribution in [3.8, 4) is 0 Å².